The third-order valence-corrected chi connectivity index (χ3v) is 10.6. The van der Waals surface area contributed by atoms with Crippen molar-refractivity contribution in [3.05, 3.63) is 112 Å². The van der Waals surface area contributed by atoms with Crippen molar-refractivity contribution in [3.8, 4) is 16.2 Å². The molecule has 0 aliphatic heterocycles. The summed E-state index contributed by atoms with van der Waals surface area (Å²) >= 11 is 1.61. The van der Waals surface area contributed by atoms with Crippen LogP contribution >= 0.6 is 11.3 Å². The van der Waals surface area contributed by atoms with E-state index in [-0.39, 0.29) is 67.6 Å². The van der Waals surface area contributed by atoms with Crippen LogP contribution in [0.25, 0.3) is 16.2 Å². The van der Waals surface area contributed by atoms with Crippen LogP contribution in [0.3, 0.4) is 0 Å². The van der Waals surface area contributed by atoms with E-state index in [0.29, 0.717) is 13.0 Å². The van der Waals surface area contributed by atoms with Crippen LogP contribution in [-0.2, 0) is 25.5 Å². The minimum atomic E-state index is -0.640. The van der Waals surface area contributed by atoms with E-state index in [2.05, 4.69) is 33.1 Å². The second-order valence-electron chi connectivity index (χ2n) is 13.7. The van der Waals surface area contributed by atoms with Gasteiger partial charge in [-0.1, -0.05) is 61.5 Å². The number of nitrogens with one attached hydrogen (secondary N) is 4. The molecular weight excluding hydrogens is 733 g/mol. The number of benzene rings is 3. The Morgan fingerprint density at radius 1 is 1.04 bits per heavy atom. The zero-order valence-corrected chi connectivity index (χ0v) is 32.6. The van der Waals surface area contributed by atoms with Gasteiger partial charge in [0.05, 0.1) is 40.9 Å². The highest BCUT2D eigenvalue weighted by atomic mass is 32.1. The van der Waals surface area contributed by atoms with Crippen LogP contribution < -0.4 is 16.0 Å². The first-order valence-electron chi connectivity index (χ1n) is 18.5. The number of carbonyl (C=O) groups excluding carboxylic acids is 4. The molecule has 0 bridgehead atoms. The molecule has 4 aromatic rings. The summed E-state index contributed by atoms with van der Waals surface area (Å²) in [6.07, 6.45) is 3.00. The lowest BCUT2D eigenvalue weighted by atomic mass is 9.96. The van der Waals surface area contributed by atoms with Crippen LogP contribution in [0.1, 0.15) is 76.5 Å². The molecule has 1 aromatic heterocycles. The molecule has 4 amide bonds. The van der Waals surface area contributed by atoms with Gasteiger partial charge in [-0.05, 0) is 60.1 Å². The number of hydrogen-bond acceptors (Lipinski definition) is 10. The predicted molar refractivity (Wildman–Crippen MR) is 216 cm³/mol. The van der Waals surface area contributed by atoms with E-state index < -0.39 is 29.0 Å². The van der Waals surface area contributed by atoms with Crippen LogP contribution in [0.5, 0.6) is 5.75 Å². The Bertz CT molecular complexity index is 2080. The minimum Gasteiger partial charge on any atom is -0.507 e. The highest BCUT2D eigenvalue weighted by Gasteiger charge is 2.25. The second-order valence-corrected chi connectivity index (χ2v) is 14.6. The maximum absolute atomic E-state index is 13.0. The number of hydrogen-bond donors (Lipinski definition) is 6. The zero-order chi connectivity index (χ0) is 40.2. The fraction of sp³-hybridized carbons (Fsp3) is 0.333. The lowest BCUT2D eigenvalue weighted by Gasteiger charge is -2.18. The summed E-state index contributed by atoms with van der Waals surface area (Å²) in [5, 5.41) is 37.7. The van der Waals surface area contributed by atoms with Gasteiger partial charge in [-0.3, -0.25) is 24.6 Å². The van der Waals surface area contributed by atoms with Crippen molar-refractivity contribution in [2.24, 2.45) is 0 Å². The van der Waals surface area contributed by atoms with Crippen molar-refractivity contribution in [1.82, 2.24) is 25.8 Å². The number of aryl methyl sites for hydroxylation is 2. The Balaban J connectivity index is 0.947. The van der Waals surface area contributed by atoms with E-state index in [1.807, 2.05) is 55.8 Å². The number of nitrogens with zero attached hydrogens (tertiary/aromatic N) is 2. The summed E-state index contributed by atoms with van der Waals surface area (Å²) in [5.41, 5.74) is 6.85. The highest BCUT2D eigenvalue weighted by Crippen LogP contribution is 2.31. The van der Waals surface area contributed by atoms with E-state index >= 15 is 0 Å². The van der Waals surface area contributed by atoms with Crippen molar-refractivity contribution in [2.45, 2.75) is 51.5 Å². The molecule has 294 valence electrons. The van der Waals surface area contributed by atoms with Gasteiger partial charge in [0.25, 0.3) is 11.8 Å². The molecule has 6 N–H and O–H groups in total. The van der Waals surface area contributed by atoms with Gasteiger partial charge in [0, 0.05) is 51.2 Å². The molecule has 13 nitrogen and oxygen atoms in total. The van der Waals surface area contributed by atoms with E-state index in [4.69, 9.17) is 10.1 Å². The maximum Gasteiger partial charge on any atom is 0.269 e. The second kappa shape index (κ2) is 19.6. The fourth-order valence-corrected chi connectivity index (χ4v) is 7.21. The average Bonchev–Trinajstić information content (AvgIpc) is 3.81. The number of ether oxygens (including phenoxy) is 1. The number of phenolic OH excluding ortho intramolecular Hbond substituents is 1. The molecule has 0 saturated carbocycles. The molecule has 5 rings (SSSR count). The Hall–Kier alpha value is -5.86. The average molecular weight is 781 g/mol. The predicted octanol–water partition coefficient (Wildman–Crippen LogP) is 5.45. The van der Waals surface area contributed by atoms with E-state index in [1.165, 1.54) is 30.1 Å². The Morgan fingerprint density at radius 3 is 2.52 bits per heavy atom. The first-order chi connectivity index (χ1) is 26.9. The van der Waals surface area contributed by atoms with E-state index in [0.717, 1.165) is 51.7 Å². The van der Waals surface area contributed by atoms with Crippen LogP contribution in [0.15, 0.2) is 78.3 Å². The maximum atomic E-state index is 13.0. The Morgan fingerprint density at radius 2 is 1.79 bits per heavy atom. The third kappa shape index (κ3) is 11.1. The summed E-state index contributed by atoms with van der Waals surface area (Å²) < 4.78 is 5.51. The topological polar surface area (TPSA) is 194 Å². The largest absolute Gasteiger partial charge is 0.507 e. The number of phenols is 1. The number of aromatic nitrogens is 1. The first-order valence-corrected chi connectivity index (χ1v) is 19.4. The third-order valence-electron chi connectivity index (χ3n) is 9.62. The van der Waals surface area contributed by atoms with Gasteiger partial charge >= 0.3 is 0 Å². The van der Waals surface area contributed by atoms with Crippen molar-refractivity contribution in [3.63, 3.8) is 0 Å². The quantitative estimate of drug-likeness (QED) is 0.0436. The van der Waals surface area contributed by atoms with Gasteiger partial charge in [-0.2, -0.15) is 0 Å². The lowest BCUT2D eigenvalue weighted by molar-refractivity contribution is -0.123. The first kappa shape index (κ1) is 41.3. The van der Waals surface area contributed by atoms with Crippen molar-refractivity contribution >= 4 is 46.4 Å². The van der Waals surface area contributed by atoms with Gasteiger partial charge in [0.1, 0.15) is 17.2 Å². The summed E-state index contributed by atoms with van der Waals surface area (Å²) in [6, 6.07) is 19.7. The van der Waals surface area contributed by atoms with Crippen LogP contribution in [0, 0.1) is 12.3 Å². The van der Waals surface area contributed by atoms with Crippen molar-refractivity contribution in [1.29, 1.82) is 5.41 Å². The number of fused-ring (bicyclic) bond motifs is 1. The number of aromatic hydroxyl groups is 1. The number of rotatable bonds is 18. The monoisotopic (exact) mass is 780 g/mol. The molecule has 0 fully saturated rings. The van der Waals surface area contributed by atoms with Gasteiger partial charge in [-0.25, -0.2) is 4.98 Å². The molecule has 0 saturated heterocycles. The molecule has 0 radical (unpaired) electrons. The molecule has 3 aromatic carbocycles. The number of amides is 4. The SMILES string of the molecule is Cc1ncsc1-c1ccc([C@@H](C)CC(=O)NCCOCCC(=O)NCCN(C)C(=O)c2ccc(/C(O)=C/C(=N)C(=O)NC3CCc4ccccc43)cc2O)cc1. The van der Waals surface area contributed by atoms with E-state index in [9.17, 15) is 29.4 Å². The van der Waals surface area contributed by atoms with Crippen LogP contribution in [0.4, 0.5) is 0 Å². The smallest absolute Gasteiger partial charge is 0.269 e. The Kier molecular flexibility index (Phi) is 14.5. The number of carbonyl (C=O) groups is 4. The molecule has 14 heteroatoms. The molecule has 1 unspecified atom stereocenters. The van der Waals surface area contributed by atoms with Crippen LogP contribution in [0.2, 0.25) is 0 Å². The van der Waals surface area contributed by atoms with Crippen LogP contribution in [-0.4, -0.2) is 89.3 Å². The summed E-state index contributed by atoms with van der Waals surface area (Å²) in [6.45, 7) is 5.08. The molecule has 56 heavy (non-hydrogen) atoms. The van der Waals surface area contributed by atoms with Gasteiger partial charge in [0.2, 0.25) is 11.8 Å². The molecular formula is C42H48N6O7S. The highest BCUT2D eigenvalue weighted by molar-refractivity contribution is 7.13. The molecule has 1 aliphatic rings. The molecule has 1 aliphatic carbocycles. The standard InChI is InChI=1S/C42H48N6O7S/c1-26(28-8-10-30(11-9-28)40-27(2)46-25-56-40)22-39(52)45-18-21-55-20-16-38(51)44-17-19-48(3)42(54)33-14-12-31(23-37(33)50)36(49)24-34(43)41(53)47-35-15-13-29-6-4-5-7-32(29)35/h4-12,14,23-26,35,43,49-50H,13,15-22H2,1-3H3,(H,44,51)(H,45,52)(H,47,53)/b36-24-,43-34?/t26-,35?/m0/s1. The molecule has 0 spiro atoms. The lowest BCUT2D eigenvalue weighted by Crippen LogP contribution is -2.36. The minimum absolute atomic E-state index is 0.0189. The van der Waals surface area contributed by atoms with Gasteiger partial charge in [-0.15, -0.1) is 11.3 Å². The molecule has 2 atom stereocenters. The van der Waals surface area contributed by atoms with Gasteiger partial charge < -0.3 is 35.8 Å². The summed E-state index contributed by atoms with van der Waals surface area (Å²) in [4.78, 5) is 57.2. The number of likely N-dealkylation sites (N-methyl/N-ethyl adjacent to an activating group) is 1. The van der Waals surface area contributed by atoms with Crippen molar-refractivity contribution < 1.29 is 34.1 Å². The normalized spacial score (nSPS) is 14.1. The fourth-order valence-electron chi connectivity index (χ4n) is 6.40. The molecule has 1 heterocycles. The van der Waals surface area contributed by atoms with Crippen molar-refractivity contribution in [2.75, 3.05) is 39.9 Å². The number of aliphatic hydroxyl groups excluding tert-OH is 1. The summed E-state index contributed by atoms with van der Waals surface area (Å²) in [7, 11) is 1.53. The number of thiazole rings is 1. The van der Waals surface area contributed by atoms with Gasteiger partial charge in [0.15, 0.2) is 0 Å². The Labute approximate surface area is 330 Å². The zero-order valence-electron chi connectivity index (χ0n) is 31.8. The number of aliphatic hydroxyl groups is 1. The summed E-state index contributed by atoms with van der Waals surface area (Å²) in [5.74, 6) is -2.25. The van der Waals surface area contributed by atoms with E-state index in [1.54, 1.807) is 11.3 Å².